The lowest BCUT2D eigenvalue weighted by molar-refractivity contribution is -0.140. The SMILES string of the molecule is CCCNC(=O)[C@H](Cc1ccccc1)N(Cc1cccc(Cl)c1)C(=O)CN(c1cc(Cl)ccc1Cl)S(C)(=O)=O. The third-order valence-electron chi connectivity index (χ3n) is 5.92. The van der Waals surface area contributed by atoms with Gasteiger partial charge in [0.05, 0.1) is 17.0 Å². The zero-order chi connectivity index (χ0) is 28.6. The highest BCUT2D eigenvalue weighted by molar-refractivity contribution is 7.92. The molecule has 0 aliphatic carbocycles. The van der Waals surface area contributed by atoms with Gasteiger partial charge in [-0.1, -0.05) is 84.2 Å². The molecule has 39 heavy (non-hydrogen) atoms. The van der Waals surface area contributed by atoms with Crippen molar-refractivity contribution in [2.75, 3.05) is 23.7 Å². The Morgan fingerprint density at radius 3 is 2.21 bits per heavy atom. The molecule has 208 valence electrons. The smallest absolute Gasteiger partial charge is 0.244 e. The van der Waals surface area contributed by atoms with E-state index in [4.69, 9.17) is 34.8 Å². The highest BCUT2D eigenvalue weighted by Gasteiger charge is 2.33. The average Bonchev–Trinajstić information content (AvgIpc) is 2.89. The number of amides is 2. The molecule has 0 saturated heterocycles. The number of nitrogens with one attached hydrogen (secondary N) is 1. The average molecular weight is 611 g/mol. The number of halogens is 3. The zero-order valence-electron chi connectivity index (χ0n) is 21.6. The van der Waals surface area contributed by atoms with Gasteiger partial charge < -0.3 is 10.2 Å². The highest BCUT2D eigenvalue weighted by atomic mass is 35.5. The van der Waals surface area contributed by atoms with Crippen LogP contribution in [0.4, 0.5) is 5.69 Å². The molecule has 0 radical (unpaired) electrons. The summed E-state index contributed by atoms with van der Waals surface area (Å²) in [5, 5.41) is 3.73. The minimum Gasteiger partial charge on any atom is -0.354 e. The van der Waals surface area contributed by atoms with E-state index in [1.807, 2.05) is 37.3 Å². The topological polar surface area (TPSA) is 86.8 Å². The Kier molecular flexibility index (Phi) is 11.1. The van der Waals surface area contributed by atoms with Gasteiger partial charge in [0.2, 0.25) is 21.8 Å². The molecule has 2 amide bonds. The number of anilines is 1. The molecule has 0 aromatic heterocycles. The van der Waals surface area contributed by atoms with Crippen molar-refractivity contribution >= 4 is 62.3 Å². The van der Waals surface area contributed by atoms with Crippen molar-refractivity contribution in [3.05, 3.63) is 99.0 Å². The number of carbonyl (C=O) groups excluding carboxylic acids is 2. The molecule has 11 heteroatoms. The number of hydrogen-bond donors (Lipinski definition) is 1. The number of nitrogens with zero attached hydrogens (tertiary/aromatic N) is 2. The standard InChI is InChI=1S/C28H30Cl3N3O4S/c1-3-14-32-28(36)26(16-20-8-5-4-6-9-20)33(18-21-10-7-11-22(29)15-21)27(35)19-34(39(2,37)38)25-17-23(30)12-13-24(25)31/h4-13,15,17,26H,3,14,16,18-19H2,1-2H3,(H,32,36)/t26-/m0/s1. The Morgan fingerprint density at radius 1 is 0.897 bits per heavy atom. The Morgan fingerprint density at radius 2 is 1.56 bits per heavy atom. The van der Waals surface area contributed by atoms with E-state index in [1.54, 1.807) is 24.3 Å². The van der Waals surface area contributed by atoms with Gasteiger partial charge in [-0.15, -0.1) is 0 Å². The van der Waals surface area contributed by atoms with Crippen LogP contribution in [0.2, 0.25) is 15.1 Å². The summed E-state index contributed by atoms with van der Waals surface area (Å²) >= 11 is 18.6. The molecule has 0 aliphatic heterocycles. The quantitative estimate of drug-likeness (QED) is 0.290. The minimum absolute atomic E-state index is 0.0251. The molecule has 3 aromatic rings. The molecule has 0 fully saturated rings. The maximum atomic E-state index is 14.0. The van der Waals surface area contributed by atoms with Crippen molar-refractivity contribution in [3.8, 4) is 0 Å². The molecule has 0 spiro atoms. The summed E-state index contributed by atoms with van der Waals surface area (Å²) in [5.41, 5.74) is 1.59. The summed E-state index contributed by atoms with van der Waals surface area (Å²) in [7, 11) is -3.96. The number of sulfonamides is 1. The van der Waals surface area contributed by atoms with Crippen LogP contribution < -0.4 is 9.62 Å². The summed E-state index contributed by atoms with van der Waals surface area (Å²) in [6.07, 6.45) is 1.91. The molecule has 0 unspecified atom stereocenters. The van der Waals surface area contributed by atoms with Crippen LogP contribution in [-0.2, 0) is 32.6 Å². The third-order valence-corrected chi connectivity index (χ3v) is 7.83. The number of rotatable bonds is 12. The molecular weight excluding hydrogens is 581 g/mol. The fourth-order valence-electron chi connectivity index (χ4n) is 4.02. The maximum absolute atomic E-state index is 14.0. The molecule has 0 heterocycles. The first-order valence-corrected chi connectivity index (χ1v) is 15.3. The number of benzene rings is 3. The van der Waals surface area contributed by atoms with Crippen LogP contribution in [0.25, 0.3) is 0 Å². The summed E-state index contributed by atoms with van der Waals surface area (Å²) < 4.78 is 26.6. The van der Waals surface area contributed by atoms with E-state index < -0.39 is 28.5 Å². The van der Waals surface area contributed by atoms with E-state index in [1.165, 1.54) is 23.1 Å². The zero-order valence-corrected chi connectivity index (χ0v) is 24.7. The van der Waals surface area contributed by atoms with Gasteiger partial charge in [-0.3, -0.25) is 13.9 Å². The molecule has 3 rings (SSSR count). The second kappa shape index (κ2) is 14.0. The minimum atomic E-state index is -3.96. The van der Waals surface area contributed by atoms with Gasteiger partial charge >= 0.3 is 0 Å². The van der Waals surface area contributed by atoms with Gasteiger partial charge in [-0.25, -0.2) is 8.42 Å². The fraction of sp³-hybridized carbons (Fsp3) is 0.286. The monoisotopic (exact) mass is 609 g/mol. The first kappa shape index (κ1) is 30.8. The van der Waals surface area contributed by atoms with Crippen LogP contribution in [0, 0.1) is 0 Å². The van der Waals surface area contributed by atoms with Crippen LogP contribution in [0.15, 0.2) is 72.8 Å². The van der Waals surface area contributed by atoms with Crippen molar-refractivity contribution in [2.45, 2.75) is 32.4 Å². The van der Waals surface area contributed by atoms with Crippen LogP contribution in [0.3, 0.4) is 0 Å². The predicted octanol–water partition coefficient (Wildman–Crippen LogP) is 5.58. The van der Waals surface area contributed by atoms with Gasteiger partial charge in [0.25, 0.3) is 0 Å². The third kappa shape index (κ3) is 8.86. The normalized spacial score (nSPS) is 12.0. The lowest BCUT2D eigenvalue weighted by Gasteiger charge is -2.33. The molecule has 0 aliphatic rings. The maximum Gasteiger partial charge on any atom is 0.244 e. The molecule has 0 saturated carbocycles. The van der Waals surface area contributed by atoms with E-state index in [0.29, 0.717) is 23.6 Å². The van der Waals surface area contributed by atoms with E-state index in [0.717, 1.165) is 16.1 Å². The Hall–Kier alpha value is -2.78. The summed E-state index contributed by atoms with van der Waals surface area (Å²) in [6.45, 7) is 1.79. The van der Waals surface area contributed by atoms with Crippen molar-refractivity contribution in [1.82, 2.24) is 10.2 Å². The summed E-state index contributed by atoms with van der Waals surface area (Å²) in [5.74, 6) is -0.938. The fourth-order valence-corrected chi connectivity index (χ4v) is 5.53. The lowest BCUT2D eigenvalue weighted by Crippen LogP contribution is -2.53. The highest BCUT2D eigenvalue weighted by Crippen LogP contribution is 2.31. The van der Waals surface area contributed by atoms with E-state index in [2.05, 4.69) is 5.32 Å². The largest absolute Gasteiger partial charge is 0.354 e. The number of carbonyl (C=O) groups is 2. The first-order valence-electron chi connectivity index (χ1n) is 12.3. The van der Waals surface area contributed by atoms with Crippen molar-refractivity contribution in [3.63, 3.8) is 0 Å². The van der Waals surface area contributed by atoms with E-state index in [-0.39, 0.29) is 34.6 Å². The Balaban J connectivity index is 2.07. The van der Waals surface area contributed by atoms with Gasteiger partial charge in [0.1, 0.15) is 12.6 Å². The molecule has 0 bridgehead atoms. The Labute approximate surface area is 244 Å². The van der Waals surface area contributed by atoms with Crippen molar-refractivity contribution < 1.29 is 18.0 Å². The molecule has 1 N–H and O–H groups in total. The second-order valence-electron chi connectivity index (χ2n) is 9.01. The lowest BCUT2D eigenvalue weighted by atomic mass is 10.0. The molecule has 7 nitrogen and oxygen atoms in total. The van der Waals surface area contributed by atoms with Crippen molar-refractivity contribution in [2.24, 2.45) is 0 Å². The molecule has 3 aromatic carbocycles. The van der Waals surface area contributed by atoms with Gasteiger partial charge in [-0.05, 0) is 47.9 Å². The predicted molar refractivity (Wildman–Crippen MR) is 158 cm³/mol. The molecular formula is C28H30Cl3N3O4S. The van der Waals surface area contributed by atoms with E-state index in [9.17, 15) is 18.0 Å². The summed E-state index contributed by atoms with van der Waals surface area (Å²) in [6, 6.07) is 19.7. The van der Waals surface area contributed by atoms with Crippen molar-refractivity contribution in [1.29, 1.82) is 0 Å². The number of hydrogen-bond acceptors (Lipinski definition) is 4. The van der Waals surface area contributed by atoms with Gasteiger partial charge in [-0.2, -0.15) is 0 Å². The van der Waals surface area contributed by atoms with Crippen LogP contribution in [0.1, 0.15) is 24.5 Å². The Bertz CT molecular complexity index is 1400. The second-order valence-corrected chi connectivity index (χ2v) is 12.2. The van der Waals surface area contributed by atoms with Crippen LogP contribution >= 0.6 is 34.8 Å². The first-order chi connectivity index (χ1) is 18.5. The van der Waals surface area contributed by atoms with Crippen LogP contribution in [-0.4, -0.2) is 50.5 Å². The van der Waals surface area contributed by atoms with E-state index >= 15 is 0 Å². The van der Waals surface area contributed by atoms with Crippen LogP contribution in [0.5, 0.6) is 0 Å². The summed E-state index contributed by atoms with van der Waals surface area (Å²) in [4.78, 5) is 28.8. The molecule has 1 atom stereocenters. The van der Waals surface area contributed by atoms with Gasteiger partial charge in [0.15, 0.2) is 0 Å². The van der Waals surface area contributed by atoms with Gasteiger partial charge in [0, 0.05) is 29.6 Å².